The van der Waals surface area contributed by atoms with Crippen LogP contribution in [0.25, 0.3) is 0 Å². The summed E-state index contributed by atoms with van der Waals surface area (Å²) in [7, 11) is 0. The summed E-state index contributed by atoms with van der Waals surface area (Å²) in [4.78, 5) is 16.3. The third-order valence-corrected chi connectivity index (χ3v) is 4.70. The Labute approximate surface area is 137 Å². The standard InChI is InChI=1S/C16H27N5O2/c22-16(19-12-7-3-1-4-8-12)18-11-14-20-15(21-23-14)13-9-5-2-6-10-17-13/h12-13,17H,1-11H2,(H2,18,19,22)/t13-/m1/s1. The van der Waals surface area contributed by atoms with E-state index in [2.05, 4.69) is 26.1 Å². The summed E-state index contributed by atoms with van der Waals surface area (Å²) in [5, 5.41) is 13.3. The first kappa shape index (κ1) is 16.2. The molecular formula is C16H27N5O2. The van der Waals surface area contributed by atoms with Gasteiger partial charge >= 0.3 is 6.03 Å². The molecule has 7 heteroatoms. The highest BCUT2D eigenvalue weighted by Crippen LogP contribution is 2.20. The number of urea groups is 1. The van der Waals surface area contributed by atoms with Crippen LogP contribution in [0.15, 0.2) is 4.52 Å². The van der Waals surface area contributed by atoms with Crippen LogP contribution in [0.2, 0.25) is 0 Å². The molecule has 0 radical (unpaired) electrons. The summed E-state index contributed by atoms with van der Waals surface area (Å²) in [5.74, 6) is 1.17. The summed E-state index contributed by atoms with van der Waals surface area (Å²) in [5.41, 5.74) is 0. The number of hydrogen-bond acceptors (Lipinski definition) is 5. The van der Waals surface area contributed by atoms with Gasteiger partial charge in [-0.3, -0.25) is 0 Å². The van der Waals surface area contributed by atoms with Crippen molar-refractivity contribution in [1.29, 1.82) is 0 Å². The molecule has 1 aromatic rings. The third-order valence-electron chi connectivity index (χ3n) is 4.70. The average Bonchev–Trinajstić information content (AvgIpc) is 2.87. The van der Waals surface area contributed by atoms with E-state index in [1.807, 2.05) is 0 Å². The molecule has 0 unspecified atom stereocenters. The summed E-state index contributed by atoms with van der Waals surface area (Å²) in [6.45, 7) is 1.27. The predicted octanol–water partition coefficient (Wildman–Crippen LogP) is 2.41. The van der Waals surface area contributed by atoms with Crippen molar-refractivity contribution in [3.8, 4) is 0 Å². The van der Waals surface area contributed by atoms with Gasteiger partial charge in [-0.1, -0.05) is 37.3 Å². The second-order valence-corrected chi connectivity index (χ2v) is 6.56. The topological polar surface area (TPSA) is 92.1 Å². The summed E-state index contributed by atoms with van der Waals surface area (Å²) >= 11 is 0. The molecule has 1 saturated heterocycles. The Bertz CT molecular complexity index is 490. The van der Waals surface area contributed by atoms with Crippen molar-refractivity contribution in [1.82, 2.24) is 26.1 Å². The highest BCUT2D eigenvalue weighted by molar-refractivity contribution is 5.74. The van der Waals surface area contributed by atoms with Crippen LogP contribution in [-0.4, -0.2) is 28.8 Å². The van der Waals surface area contributed by atoms with Crippen molar-refractivity contribution < 1.29 is 9.32 Å². The Morgan fingerprint density at radius 3 is 2.78 bits per heavy atom. The summed E-state index contributed by atoms with van der Waals surface area (Å²) in [6, 6.07) is 0.326. The van der Waals surface area contributed by atoms with Crippen molar-refractivity contribution in [3.05, 3.63) is 11.7 Å². The molecule has 2 aliphatic rings. The fourth-order valence-corrected chi connectivity index (χ4v) is 3.37. The molecule has 0 bridgehead atoms. The Hall–Kier alpha value is -1.63. The minimum absolute atomic E-state index is 0.149. The maximum atomic E-state index is 11.9. The van der Waals surface area contributed by atoms with E-state index in [0.29, 0.717) is 17.8 Å². The van der Waals surface area contributed by atoms with Crippen LogP contribution in [0.5, 0.6) is 0 Å². The molecule has 1 aromatic heterocycles. The Morgan fingerprint density at radius 1 is 1.13 bits per heavy atom. The molecular weight excluding hydrogens is 294 g/mol. The number of nitrogens with one attached hydrogen (secondary N) is 3. The first-order chi connectivity index (χ1) is 11.3. The Kier molecular flexibility index (Phi) is 5.85. The molecule has 1 aliphatic carbocycles. The molecule has 2 amide bonds. The van der Waals surface area contributed by atoms with Gasteiger partial charge in [-0.25, -0.2) is 4.79 Å². The fourth-order valence-electron chi connectivity index (χ4n) is 3.37. The zero-order chi connectivity index (χ0) is 15.9. The minimum atomic E-state index is -0.149. The van der Waals surface area contributed by atoms with Gasteiger partial charge in [0.2, 0.25) is 5.89 Å². The lowest BCUT2D eigenvalue weighted by Crippen LogP contribution is -2.42. The molecule has 7 nitrogen and oxygen atoms in total. The molecule has 1 aliphatic heterocycles. The van der Waals surface area contributed by atoms with Gasteiger partial charge in [-0.15, -0.1) is 0 Å². The third kappa shape index (κ3) is 4.92. The van der Waals surface area contributed by atoms with Crippen LogP contribution in [0.4, 0.5) is 4.79 Å². The maximum absolute atomic E-state index is 11.9. The molecule has 0 spiro atoms. The molecule has 2 heterocycles. The van der Waals surface area contributed by atoms with Crippen molar-refractivity contribution in [2.45, 2.75) is 76.4 Å². The number of rotatable bonds is 4. The highest BCUT2D eigenvalue weighted by Gasteiger charge is 2.20. The number of carbonyl (C=O) groups is 1. The van der Waals surface area contributed by atoms with Gasteiger partial charge in [0.15, 0.2) is 5.82 Å². The van der Waals surface area contributed by atoms with E-state index in [1.165, 1.54) is 38.5 Å². The van der Waals surface area contributed by atoms with Gasteiger partial charge in [0.05, 0.1) is 12.6 Å². The normalized spacial score (nSPS) is 23.2. The molecule has 0 aromatic carbocycles. The quantitative estimate of drug-likeness (QED) is 0.792. The predicted molar refractivity (Wildman–Crippen MR) is 85.8 cm³/mol. The second-order valence-electron chi connectivity index (χ2n) is 6.56. The van der Waals surface area contributed by atoms with E-state index < -0.39 is 0 Å². The Balaban J connectivity index is 1.44. The van der Waals surface area contributed by atoms with Gasteiger partial charge in [0.25, 0.3) is 0 Å². The van der Waals surface area contributed by atoms with Crippen LogP contribution in [0.3, 0.4) is 0 Å². The van der Waals surface area contributed by atoms with E-state index in [0.717, 1.165) is 25.8 Å². The smallest absolute Gasteiger partial charge is 0.315 e. The average molecular weight is 321 g/mol. The molecule has 3 rings (SSSR count). The molecule has 3 N–H and O–H groups in total. The van der Waals surface area contributed by atoms with E-state index >= 15 is 0 Å². The molecule has 2 fully saturated rings. The fraction of sp³-hybridized carbons (Fsp3) is 0.812. The lowest BCUT2D eigenvalue weighted by molar-refractivity contribution is 0.230. The van der Waals surface area contributed by atoms with Crippen molar-refractivity contribution in [3.63, 3.8) is 0 Å². The number of hydrogen-bond donors (Lipinski definition) is 3. The van der Waals surface area contributed by atoms with E-state index in [1.54, 1.807) is 0 Å². The molecule has 1 saturated carbocycles. The zero-order valence-electron chi connectivity index (χ0n) is 13.6. The number of amides is 2. The molecule has 23 heavy (non-hydrogen) atoms. The molecule has 1 atom stereocenters. The lowest BCUT2D eigenvalue weighted by atomic mass is 9.96. The van der Waals surface area contributed by atoms with Crippen molar-refractivity contribution >= 4 is 6.03 Å². The zero-order valence-corrected chi connectivity index (χ0v) is 13.6. The second kappa shape index (κ2) is 8.29. The van der Waals surface area contributed by atoms with Crippen molar-refractivity contribution in [2.75, 3.05) is 6.54 Å². The van der Waals surface area contributed by atoms with Gasteiger partial charge in [-0.05, 0) is 32.2 Å². The van der Waals surface area contributed by atoms with Gasteiger partial charge in [0, 0.05) is 6.04 Å². The van der Waals surface area contributed by atoms with Crippen LogP contribution in [0, 0.1) is 0 Å². The van der Waals surface area contributed by atoms with E-state index in [9.17, 15) is 4.79 Å². The summed E-state index contributed by atoms with van der Waals surface area (Å²) < 4.78 is 5.26. The maximum Gasteiger partial charge on any atom is 0.315 e. The minimum Gasteiger partial charge on any atom is -0.337 e. The van der Waals surface area contributed by atoms with Gasteiger partial charge in [-0.2, -0.15) is 4.98 Å². The van der Waals surface area contributed by atoms with Gasteiger partial charge in [0.1, 0.15) is 0 Å². The lowest BCUT2D eigenvalue weighted by Gasteiger charge is -2.22. The first-order valence-corrected chi connectivity index (χ1v) is 8.91. The van der Waals surface area contributed by atoms with Gasteiger partial charge < -0.3 is 20.5 Å². The van der Waals surface area contributed by atoms with Crippen molar-refractivity contribution in [2.24, 2.45) is 0 Å². The van der Waals surface area contributed by atoms with Crippen LogP contribution >= 0.6 is 0 Å². The highest BCUT2D eigenvalue weighted by atomic mass is 16.5. The van der Waals surface area contributed by atoms with E-state index in [4.69, 9.17) is 4.52 Å². The van der Waals surface area contributed by atoms with Crippen LogP contribution < -0.4 is 16.0 Å². The number of nitrogens with zero attached hydrogens (tertiary/aromatic N) is 2. The first-order valence-electron chi connectivity index (χ1n) is 8.91. The van der Waals surface area contributed by atoms with Crippen LogP contribution in [-0.2, 0) is 6.54 Å². The molecule has 128 valence electrons. The summed E-state index contributed by atoms with van der Waals surface area (Å²) in [6.07, 6.45) is 10.5. The monoisotopic (exact) mass is 321 g/mol. The van der Waals surface area contributed by atoms with E-state index in [-0.39, 0.29) is 18.6 Å². The largest absolute Gasteiger partial charge is 0.337 e. The SMILES string of the molecule is O=C(NCc1nc([C@H]2CCCCCN2)no1)NC1CCCCC1. The number of carbonyl (C=O) groups excluding carboxylic acids is 1. The van der Waals surface area contributed by atoms with Crippen LogP contribution in [0.1, 0.15) is 75.5 Å². The number of aromatic nitrogens is 2. The Morgan fingerprint density at radius 2 is 1.91 bits per heavy atom.